The third-order valence-electron chi connectivity index (χ3n) is 3.76. The Morgan fingerprint density at radius 3 is 2.90 bits per heavy atom. The number of nitrogens with one attached hydrogen (secondary N) is 1. The standard InChI is InChI=1S/C15H18ClN3S/c1-9(2)6-18-8-11-12(16)4-5-13-14(11)19(7-10(18)3)15(20)17-13/h4-6,10H,7-8H2,1-3H3,(H,17,20)/t10-/m0/s1. The van der Waals surface area contributed by atoms with E-state index in [9.17, 15) is 0 Å². The number of aromatic amines is 1. The van der Waals surface area contributed by atoms with E-state index in [1.807, 2.05) is 12.1 Å². The van der Waals surface area contributed by atoms with E-state index < -0.39 is 0 Å². The molecule has 0 amide bonds. The van der Waals surface area contributed by atoms with E-state index in [4.69, 9.17) is 23.8 Å². The lowest BCUT2D eigenvalue weighted by Crippen LogP contribution is -2.29. The van der Waals surface area contributed by atoms with Crippen LogP contribution in [0.5, 0.6) is 0 Å². The maximum atomic E-state index is 6.43. The highest BCUT2D eigenvalue weighted by molar-refractivity contribution is 7.71. The second-order valence-electron chi connectivity index (χ2n) is 5.69. The number of halogens is 1. The molecule has 0 saturated carbocycles. The predicted octanol–water partition coefficient (Wildman–Crippen LogP) is 4.48. The highest BCUT2D eigenvalue weighted by atomic mass is 35.5. The highest BCUT2D eigenvalue weighted by Gasteiger charge is 2.23. The molecular weight excluding hydrogens is 290 g/mol. The first-order valence-electron chi connectivity index (χ1n) is 6.78. The fraction of sp³-hybridized carbons (Fsp3) is 0.400. The summed E-state index contributed by atoms with van der Waals surface area (Å²) in [6.45, 7) is 8.14. The molecule has 1 aliphatic heterocycles. The average Bonchev–Trinajstić information content (AvgIpc) is 2.59. The maximum absolute atomic E-state index is 6.43. The van der Waals surface area contributed by atoms with Crippen LogP contribution < -0.4 is 0 Å². The minimum absolute atomic E-state index is 0.374. The van der Waals surface area contributed by atoms with Gasteiger partial charge < -0.3 is 14.5 Å². The molecule has 1 aromatic heterocycles. The van der Waals surface area contributed by atoms with E-state index in [1.54, 1.807) is 0 Å². The lowest BCUT2D eigenvalue weighted by Gasteiger charge is -2.26. The van der Waals surface area contributed by atoms with Gasteiger partial charge in [0.15, 0.2) is 4.77 Å². The van der Waals surface area contributed by atoms with Crippen LogP contribution in [-0.2, 0) is 13.1 Å². The molecule has 106 valence electrons. The van der Waals surface area contributed by atoms with Gasteiger partial charge in [0.2, 0.25) is 0 Å². The number of aromatic nitrogens is 2. The molecular formula is C15H18ClN3S. The first-order valence-corrected chi connectivity index (χ1v) is 7.56. The third kappa shape index (κ3) is 2.17. The van der Waals surface area contributed by atoms with Crippen LogP contribution in [0.1, 0.15) is 26.3 Å². The number of allylic oxidation sites excluding steroid dienone is 1. The summed E-state index contributed by atoms with van der Waals surface area (Å²) < 4.78 is 2.95. The minimum Gasteiger partial charge on any atom is -0.369 e. The van der Waals surface area contributed by atoms with Gasteiger partial charge in [-0.3, -0.25) is 0 Å². The van der Waals surface area contributed by atoms with Gasteiger partial charge in [0.1, 0.15) is 0 Å². The Hall–Kier alpha value is -1.26. The van der Waals surface area contributed by atoms with E-state index in [0.29, 0.717) is 6.04 Å². The summed E-state index contributed by atoms with van der Waals surface area (Å²) in [6.07, 6.45) is 2.21. The van der Waals surface area contributed by atoms with Crippen molar-refractivity contribution >= 4 is 34.9 Å². The zero-order valence-corrected chi connectivity index (χ0v) is 13.5. The second kappa shape index (κ2) is 4.93. The Bertz CT molecular complexity index is 752. The molecule has 2 heterocycles. The molecule has 3 nitrogen and oxygen atoms in total. The van der Waals surface area contributed by atoms with Gasteiger partial charge in [-0.15, -0.1) is 0 Å². The maximum Gasteiger partial charge on any atom is 0.178 e. The van der Waals surface area contributed by atoms with Gasteiger partial charge >= 0.3 is 0 Å². The molecule has 0 fully saturated rings. The Labute approximate surface area is 128 Å². The van der Waals surface area contributed by atoms with Gasteiger partial charge in [-0.25, -0.2) is 0 Å². The van der Waals surface area contributed by atoms with Crippen LogP contribution >= 0.6 is 23.8 Å². The normalized spacial score (nSPS) is 18.2. The molecule has 1 atom stereocenters. The number of hydrogen-bond donors (Lipinski definition) is 1. The molecule has 0 saturated heterocycles. The van der Waals surface area contributed by atoms with Crippen LogP contribution in [-0.4, -0.2) is 20.5 Å². The van der Waals surface area contributed by atoms with Crippen LogP contribution in [0.2, 0.25) is 5.02 Å². The van der Waals surface area contributed by atoms with Crippen molar-refractivity contribution in [3.05, 3.63) is 39.3 Å². The highest BCUT2D eigenvalue weighted by Crippen LogP contribution is 2.31. The minimum atomic E-state index is 0.374. The average molecular weight is 308 g/mol. The van der Waals surface area contributed by atoms with Crippen molar-refractivity contribution in [3.63, 3.8) is 0 Å². The van der Waals surface area contributed by atoms with Crippen LogP contribution in [0.25, 0.3) is 11.0 Å². The molecule has 1 aliphatic rings. The Balaban J connectivity index is 2.25. The summed E-state index contributed by atoms with van der Waals surface area (Å²) >= 11 is 11.9. The monoisotopic (exact) mass is 307 g/mol. The smallest absolute Gasteiger partial charge is 0.178 e. The molecule has 5 heteroatoms. The summed E-state index contributed by atoms with van der Waals surface area (Å²) in [5, 5.41) is 0.807. The fourth-order valence-electron chi connectivity index (χ4n) is 2.84. The van der Waals surface area contributed by atoms with Gasteiger partial charge in [0, 0.05) is 29.7 Å². The number of hydrogen-bond acceptors (Lipinski definition) is 2. The van der Waals surface area contributed by atoms with Crippen molar-refractivity contribution in [2.75, 3.05) is 0 Å². The van der Waals surface area contributed by atoms with Gasteiger partial charge in [0.25, 0.3) is 0 Å². The number of H-pyrrole nitrogens is 1. The Morgan fingerprint density at radius 2 is 2.20 bits per heavy atom. The molecule has 0 aliphatic carbocycles. The first kappa shape index (κ1) is 13.7. The summed E-state index contributed by atoms with van der Waals surface area (Å²) in [4.78, 5) is 5.62. The van der Waals surface area contributed by atoms with E-state index >= 15 is 0 Å². The van der Waals surface area contributed by atoms with Crippen molar-refractivity contribution < 1.29 is 0 Å². The number of benzene rings is 1. The molecule has 2 aromatic rings. The summed E-state index contributed by atoms with van der Waals surface area (Å²) in [7, 11) is 0. The first-order chi connectivity index (χ1) is 9.47. The number of rotatable bonds is 1. The summed E-state index contributed by atoms with van der Waals surface area (Å²) in [6, 6.07) is 4.33. The predicted molar refractivity (Wildman–Crippen MR) is 86.6 cm³/mol. The summed E-state index contributed by atoms with van der Waals surface area (Å²) in [5.74, 6) is 0. The van der Waals surface area contributed by atoms with E-state index in [-0.39, 0.29) is 0 Å². The van der Waals surface area contributed by atoms with Gasteiger partial charge in [-0.05, 0) is 51.3 Å². The largest absolute Gasteiger partial charge is 0.369 e. The van der Waals surface area contributed by atoms with Crippen LogP contribution in [0.4, 0.5) is 0 Å². The quantitative estimate of drug-likeness (QED) is 0.785. The number of nitrogens with zero attached hydrogens (tertiary/aromatic N) is 2. The second-order valence-corrected chi connectivity index (χ2v) is 6.48. The van der Waals surface area contributed by atoms with Crippen molar-refractivity contribution in [1.82, 2.24) is 14.5 Å². The molecule has 0 radical (unpaired) electrons. The van der Waals surface area contributed by atoms with Crippen molar-refractivity contribution in [1.29, 1.82) is 0 Å². The zero-order valence-electron chi connectivity index (χ0n) is 11.9. The summed E-state index contributed by atoms with van der Waals surface area (Å²) in [5.41, 5.74) is 4.66. The molecule has 20 heavy (non-hydrogen) atoms. The van der Waals surface area contributed by atoms with Crippen molar-refractivity contribution in [2.24, 2.45) is 0 Å². The van der Waals surface area contributed by atoms with Gasteiger partial charge in [-0.1, -0.05) is 17.2 Å². The SMILES string of the molecule is CC(C)=CN1Cc2c(Cl)ccc3[nH]c(=S)n(c23)C[C@@H]1C. The Kier molecular flexibility index (Phi) is 3.38. The van der Waals surface area contributed by atoms with E-state index in [0.717, 1.165) is 39.5 Å². The van der Waals surface area contributed by atoms with Crippen LogP contribution in [0.3, 0.4) is 0 Å². The van der Waals surface area contributed by atoms with Crippen molar-refractivity contribution in [3.8, 4) is 0 Å². The third-order valence-corrected chi connectivity index (χ3v) is 4.44. The van der Waals surface area contributed by atoms with Crippen LogP contribution in [0.15, 0.2) is 23.9 Å². The molecule has 0 unspecified atom stereocenters. The van der Waals surface area contributed by atoms with Gasteiger partial charge in [0.05, 0.1) is 11.0 Å². The topological polar surface area (TPSA) is 24.0 Å². The fourth-order valence-corrected chi connectivity index (χ4v) is 3.33. The van der Waals surface area contributed by atoms with Gasteiger partial charge in [-0.2, -0.15) is 0 Å². The molecule has 3 rings (SSSR count). The number of imidazole rings is 1. The zero-order chi connectivity index (χ0) is 14.4. The van der Waals surface area contributed by atoms with E-state index in [2.05, 4.69) is 41.4 Å². The lowest BCUT2D eigenvalue weighted by atomic mass is 10.1. The molecule has 0 spiro atoms. The molecule has 1 N–H and O–H groups in total. The lowest BCUT2D eigenvalue weighted by molar-refractivity contribution is 0.267. The van der Waals surface area contributed by atoms with Crippen LogP contribution in [0, 0.1) is 4.77 Å². The molecule has 0 bridgehead atoms. The van der Waals surface area contributed by atoms with Crippen molar-refractivity contribution in [2.45, 2.75) is 39.9 Å². The molecule has 1 aromatic carbocycles. The Morgan fingerprint density at radius 1 is 1.45 bits per heavy atom. The van der Waals surface area contributed by atoms with E-state index in [1.165, 1.54) is 5.57 Å².